The Morgan fingerprint density at radius 2 is 1.70 bits per heavy atom. The number of ether oxygens (including phenoxy) is 1. The summed E-state index contributed by atoms with van der Waals surface area (Å²) in [6, 6.07) is 22.5. The second-order valence-corrected chi connectivity index (χ2v) is 10.3. The number of nitrogens with one attached hydrogen (secondary N) is 2. The number of pyridine rings is 1. The molecule has 2 fully saturated rings. The molecule has 2 aromatic heterocycles. The maximum atomic E-state index is 12.2. The Kier molecular flexibility index (Phi) is 6.14. The number of amides is 1. The number of aromatic nitrogens is 3. The van der Waals surface area contributed by atoms with E-state index in [-0.39, 0.29) is 11.4 Å². The van der Waals surface area contributed by atoms with Crippen LogP contribution in [0.3, 0.4) is 0 Å². The van der Waals surface area contributed by atoms with Crippen molar-refractivity contribution in [3.63, 3.8) is 0 Å². The number of fused-ring (bicyclic) bond motifs is 1. The van der Waals surface area contributed by atoms with Crippen LogP contribution in [-0.4, -0.2) is 57.8 Å². The molecule has 0 unspecified atom stereocenters. The van der Waals surface area contributed by atoms with Gasteiger partial charge in [0.2, 0.25) is 5.95 Å². The second kappa shape index (κ2) is 9.61. The second-order valence-electron chi connectivity index (χ2n) is 10.3. The Morgan fingerprint density at radius 3 is 2.41 bits per heavy atom. The minimum absolute atomic E-state index is 0.0242. The molecule has 2 aromatic carbocycles. The summed E-state index contributed by atoms with van der Waals surface area (Å²) < 4.78 is 7.40. The smallest absolute Gasteiger partial charge is 0.251 e. The van der Waals surface area contributed by atoms with Crippen molar-refractivity contribution in [2.45, 2.75) is 38.3 Å². The summed E-state index contributed by atoms with van der Waals surface area (Å²) >= 11 is 0. The van der Waals surface area contributed by atoms with Crippen LogP contribution in [0, 0.1) is 0 Å². The normalized spacial score (nSPS) is 16.6. The van der Waals surface area contributed by atoms with Crippen LogP contribution < -0.4 is 10.6 Å². The van der Waals surface area contributed by atoms with Crippen molar-refractivity contribution in [2.75, 3.05) is 31.6 Å². The third kappa shape index (κ3) is 4.95. The molecule has 1 aliphatic carbocycles. The number of benzene rings is 2. The lowest BCUT2D eigenvalue weighted by Crippen LogP contribution is -2.47. The van der Waals surface area contributed by atoms with Gasteiger partial charge in [-0.2, -0.15) is 4.98 Å². The number of carbonyl (C=O) groups excluding carboxylic acids is 1. The van der Waals surface area contributed by atoms with Crippen molar-refractivity contribution < 1.29 is 9.53 Å². The highest BCUT2D eigenvalue weighted by Crippen LogP contribution is 2.31. The average Bonchev–Trinajstić information content (AvgIpc) is 3.65. The molecule has 0 bridgehead atoms. The van der Waals surface area contributed by atoms with Crippen LogP contribution in [-0.2, 0) is 10.3 Å². The molecule has 0 atom stereocenters. The monoisotopic (exact) mass is 496 g/mol. The highest BCUT2D eigenvalue weighted by molar-refractivity contribution is 5.95. The largest absolute Gasteiger partial charge is 0.379 e. The van der Waals surface area contributed by atoms with Crippen LogP contribution in [0.1, 0.15) is 42.6 Å². The van der Waals surface area contributed by atoms with Gasteiger partial charge in [0, 0.05) is 41.5 Å². The zero-order chi connectivity index (χ0) is 25.4. The number of carbonyl (C=O) groups is 1. The molecule has 3 heterocycles. The quantitative estimate of drug-likeness (QED) is 0.389. The first-order chi connectivity index (χ1) is 18.0. The first kappa shape index (κ1) is 23.6. The third-order valence-corrected chi connectivity index (χ3v) is 7.36. The number of morpholine rings is 1. The average molecular weight is 497 g/mol. The summed E-state index contributed by atoms with van der Waals surface area (Å²) in [6.45, 7) is 8.00. The molecule has 1 saturated carbocycles. The van der Waals surface area contributed by atoms with E-state index in [0.717, 1.165) is 61.7 Å². The fourth-order valence-corrected chi connectivity index (χ4v) is 4.86. The van der Waals surface area contributed by atoms with Crippen LogP contribution in [0.4, 0.5) is 11.6 Å². The molecule has 6 rings (SSSR count). The Labute approximate surface area is 216 Å². The number of hydrogen-bond acceptors (Lipinski definition) is 6. The molecule has 1 aliphatic heterocycles. The number of nitrogens with zero attached hydrogens (tertiary/aromatic N) is 4. The first-order valence-electron chi connectivity index (χ1n) is 12.9. The van der Waals surface area contributed by atoms with E-state index in [1.54, 1.807) is 0 Å². The maximum Gasteiger partial charge on any atom is 0.251 e. The molecule has 4 aromatic rings. The molecule has 37 heavy (non-hydrogen) atoms. The molecule has 0 radical (unpaired) electrons. The molecule has 1 saturated heterocycles. The van der Waals surface area contributed by atoms with Crippen molar-refractivity contribution in [1.82, 2.24) is 24.8 Å². The zero-order valence-electron chi connectivity index (χ0n) is 21.3. The number of anilines is 2. The molecular weight excluding hydrogens is 464 g/mol. The minimum Gasteiger partial charge on any atom is -0.379 e. The fourth-order valence-electron chi connectivity index (χ4n) is 4.86. The number of hydrogen-bond donors (Lipinski definition) is 2. The van der Waals surface area contributed by atoms with Gasteiger partial charge in [-0.1, -0.05) is 30.3 Å². The summed E-state index contributed by atoms with van der Waals surface area (Å²) in [4.78, 5) is 19.4. The van der Waals surface area contributed by atoms with Gasteiger partial charge < -0.3 is 15.4 Å². The number of rotatable bonds is 7. The van der Waals surface area contributed by atoms with Gasteiger partial charge in [-0.05, 0) is 68.7 Å². The molecule has 2 aliphatic rings. The van der Waals surface area contributed by atoms with Crippen molar-refractivity contribution in [3.8, 4) is 11.3 Å². The fraction of sp³-hybridized carbons (Fsp3) is 0.345. The molecule has 0 spiro atoms. The third-order valence-electron chi connectivity index (χ3n) is 7.36. The zero-order valence-corrected chi connectivity index (χ0v) is 21.3. The van der Waals surface area contributed by atoms with E-state index in [4.69, 9.17) is 9.84 Å². The van der Waals surface area contributed by atoms with Crippen LogP contribution in [0.15, 0.2) is 66.7 Å². The minimum atomic E-state index is -0.0627. The summed E-state index contributed by atoms with van der Waals surface area (Å²) in [6.07, 6.45) is 2.15. The molecule has 8 nitrogen and oxygen atoms in total. The van der Waals surface area contributed by atoms with E-state index in [1.807, 2.05) is 40.9 Å². The van der Waals surface area contributed by atoms with Crippen molar-refractivity contribution in [2.24, 2.45) is 0 Å². The Bertz CT molecular complexity index is 1400. The lowest BCUT2D eigenvalue weighted by molar-refractivity contribution is -0.0118. The van der Waals surface area contributed by atoms with E-state index in [2.05, 4.69) is 64.7 Å². The highest BCUT2D eigenvalue weighted by Gasteiger charge is 2.30. The van der Waals surface area contributed by atoms with Gasteiger partial charge in [-0.3, -0.25) is 9.69 Å². The van der Waals surface area contributed by atoms with Crippen molar-refractivity contribution in [1.29, 1.82) is 0 Å². The van der Waals surface area contributed by atoms with Gasteiger partial charge in [0.1, 0.15) is 0 Å². The predicted octanol–water partition coefficient (Wildman–Crippen LogP) is 4.60. The van der Waals surface area contributed by atoms with Gasteiger partial charge in [-0.25, -0.2) is 4.52 Å². The van der Waals surface area contributed by atoms with Crippen LogP contribution in [0.25, 0.3) is 16.9 Å². The molecule has 8 heteroatoms. The molecule has 1 amide bonds. The van der Waals surface area contributed by atoms with Gasteiger partial charge in [-0.15, -0.1) is 5.10 Å². The van der Waals surface area contributed by atoms with Gasteiger partial charge >= 0.3 is 0 Å². The van der Waals surface area contributed by atoms with Crippen LogP contribution in [0.5, 0.6) is 0 Å². The predicted molar refractivity (Wildman–Crippen MR) is 144 cm³/mol. The Morgan fingerprint density at radius 1 is 0.973 bits per heavy atom. The molecular formula is C29H32N6O2. The van der Waals surface area contributed by atoms with E-state index in [9.17, 15) is 4.79 Å². The SMILES string of the molecule is CC(C)(c1ccc(-c2cccc3nc(Nc4ccc(C(=O)NC5CC5)cc4)nn23)cc1)N1CCOCC1. The van der Waals surface area contributed by atoms with Crippen molar-refractivity contribution >= 4 is 23.2 Å². The summed E-state index contributed by atoms with van der Waals surface area (Å²) in [5, 5.41) is 11.0. The van der Waals surface area contributed by atoms with E-state index in [0.29, 0.717) is 17.6 Å². The molecule has 190 valence electrons. The summed E-state index contributed by atoms with van der Waals surface area (Å²) in [5.41, 5.74) is 5.51. The molecule has 2 N–H and O–H groups in total. The Hall–Kier alpha value is -3.75. The van der Waals surface area contributed by atoms with Gasteiger partial charge in [0.25, 0.3) is 5.91 Å². The lowest BCUT2D eigenvalue weighted by Gasteiger charge is -2.41. The maximum absolute atomic E-state index is 12.2. The summed E-state index contributed by atoms with van der Waals surface area (Å²) in [7, 11) is 0. The van der Waals surface area contributed by atoms with Gasteiger partial charge in [0.05, 0.1) is 18.9 Å². The van der Waals surface area contributed by atoms with E-state index < -0.39 is 0 Å². The van der Waals surface area contributed by atoms with Gasteiger partial charge in [0.15, 0.2) is 5.65 Å². The van der Waals surface area contributed by atoms with Crippen LogP contribution >= 0.6 is 0 Å². The summed E-state index contributed by atoms with van der Waals surface area (Å²) in [5.74, 6) is 0.483. The standard InChI is InChI=1S/C29H32N6O2/c1-29(2,34-16-18-37-19-17-34)22-10-6-20(7-11-22)25-4-3-5-26-32-28(33-35(25)26)31-24-12-8-21(9-13-24)27(36)30-23-14-15-23/h3-13,23H,14-19H2,1-2H3,(H,30,36)(H,31,33). The van der Waals surface area contributed by atoms with Crippen molar-refractivity contribution in [3.05, 3.63) is 77.9 Å². The lowest BCUT2D eigenvalue weighted by atomic mass is 9.90. The Balaban J connectivity index is 1.20. The first-order valence-corrected chi connectivity index (χ1v) is 12.9. The van der Waals surface area contributed by atoms with Crippen LogP contribution in [0.2, 0.25) is 0 Å². The topological polar surface area (TPSA) is 83.8 Å². The highest BCUT2D eigenvalue weighted by atomic mass is 16.5. The van der Waals surface area contributed by atoms with E-state index in [1.165, 1.54) is 5.56 Å². The van der Waals surface area contributed by atoms with E-state index >= 15 is 0 Å².